The zero-order valence-corrected chi connectivity index (χ0v) is 8.78. The normalized spacial score (nSPS) is 12.8. The van der Waals surface area contributed by atoms with Crippen LogP contribution in [0.3, 0.4) is 0 Å². The van der Waals surface area contributed by atoms with E-state index in [1.165, 1.54) is 18.1 Å². The van der Waals surface area contributed by atoms with E-state index in [-0.39, 0.29) is 0 Å². The molecule has 0 heterocycles. The molecule has 0 nitrogen and oxygen atoms in total. The molecule has 0 aliphatic heterocycles. The van der Waals surface area contributed by atoms with Gasteiger partial charge in [0.25, 0.3) is 0 Å². The highest BCUT2D eigenvalue weighted by atomic mass is 28.3. The lowest BCUT2D eigenvalue weighted by Gasteiger charge is -2.23. The van der Waals surface area contributed by atoms with E-state index in [0.717, 1.165) is 0 Å². The van der Waals surface area contributed by atoms with Crippen LogP contribution in [0.4, 0.5) is 0 Å². The van der Waals surface area contributed by atoms with Crippen LogP contribution in [0.2, 0.25) is 18.1 Å². The second-order valence-corrected chi connectivity index (χ2v) is 8.10. The van der Waals surface area contributed by atoms with E-state index in [0.29, 0.717) is 0 Å². The predicted octanol–water partition coefficient (Wildman–Crippen LogP) is 3.61. The van der Waals surface area contributed by atoms with Crippen LogP contribution in [-0.2, 0) is 0 Å². The summed E-state index contributed by atoms with van der Waals surface area (Å²) in [5, 5.41) is 0. The van der Waals surface area contributed by atoms with Crippen molar-refractivity contribution in [3.8, 4) is 0 Å². The van der Waals surface area contributed by atoms with E-state index < -0.39 is 8.07 Å². The first kappa shape index (κ1) is 9.96. The molecule has 0 radical (unpaired) electrons. The van der Waals surface area contributed by atoms with E-state index in [9.17, 15) is 0 Å². The Morgan fingerprint density at radius 2 is 1.40 bits per heavy atom. The molecule has 0 spiro atoms. The highest BCUT2D eigenvalue weighted by Crippen LogP contribution is 2.21. The zero-order chi connectivity index (χ0) is 8.04. The van der Waals surface area contributed by atoms with Crippen molar-refractivity contribution in [2.24, 2.45) is 0 Å². The van der Waals surface area contributed by atoms with Gasteiger partial charge in [-0.1, -0.05) is 50.7 Å². The van der Waals surface area contributed by atoms with E-state index in [1.807, 2.05) is 0 Å². The molecule has 10 heavy (non-hydrogen) atoms. The standard InChI is InChI=1S/C9H20Si/c1-5-9-10(6-2,7-3)8-4/h5,9H,6-8H2,1-4H3/b9-5+. The molecular weight excluding hydrogens is 136 g/mol. The summed E-state index contributed by atoms with van der Waals surface area (Å²) < 4.78 is 0. The molecular formula is C9H20Si. The number of hydrogen-bond donors (Lipinski definition) is 0. The lowest BCUT2D eigenvalue weighted by atomic mass is 10.8. The highest BCUT2D eigenvalue weighted by Gasteiger charge is 2.21. The van der Waals surface area contributed by atoms with Crippen LogP contribution in [0.15, 0.2) is 11.8 Å². The molecule has 0 unspecified atom stereocenters. The van der Waals surface area contributed by atoms with Crippen molar-refractivity contribution < 1.29 is 0 Å². The molecule has 0 atom stereocenters. The van der Waals surface area contributed by atoms with Crippen molar-refractivity contribution in [1.29, 1.82) is 0 Å². The molecule has 0 N–H and O–H groups in total. The van der Waals surface area contributed by atoms with Gasteiger partial charge in [0.15, 0.2) is 0 Å². The maximum Gasteiger partial charge on any atom is 0.0765 e. The Hall–Kier alpha value is -0.0431. The Morgan fingerprint density at radius 1 is 1.00 bits per heavy atom. The van der Waals surface area contributed by atoms with Crippen molar-refractivity contribution in [3.05, 3.63) is 11.8 Å². The Labute approximate surface area is 66.4 Å². The Morgan fingerprint density at radius 3 is 1.50 bits per heavy atom. The van der Waals surface area contributed by atoms with Gasteiger partial charge in [0, 0.05) is 0 Å². The van der Waals surface area contributed by atoms with Gasteiger partial charge >= 0.3 is 0 Å². The van der Waals surface area contributed by atoms with E-state index in [4.69, 9.17) is 0 Å². The summed E-state index contributed by atoms with van der Waals surface area (Å²) in [5.41, 5.74) is 2.49. The summed E-state index contributed by atoms with van der Waals surface area (Å²) in [6, 6.07) is 4.22. The summed E-state index contributed by atoms with van der Waals surface area (Å²) >= 11 is 0. The predicted molar refractivity (Wildman–Crippen MR) is 52.0 cm³/mol. The third-order valence-corrected chi connectivity index (χ3v) is 7.90. The average molecular weight is 156 g/mol. The maximum atomic E-state index is 2.49. The van der Waals surface area contributed by atoms with E-state index >= 15 is 0 Å². The second-order valence-electron chi connectivity index (χ2n) is 2.92. The molecule has 0 amide bonds. The van der Waals surface area contributed by atoms with Crippen LogP contribution in [0.25, 0.3) is 0 Å². The zero-order valence-electron chi connectivity index (χ0n) is 7.78. The Kier molecular flexibility index (Phi) is 4.70. The quantitative estimate of drug-likeness (QED) is 0.545. The molecule has 0 aromatic rings. The summed E-state index contributed by atoms with van der Waals surface area (Å²) in [4.78, 5) is 0. The van der Waals surface area contributed by atoms with Crippen molar-refractivity contribution in [2.45, 2.75) is 45.8 Å². The molecule has 0 aromatic carbocycles. The number of allylic oxidation sites excluding steroid dienone is 1. The van der Waals surface area contributed by atoms with Gasteiger partial charge in [-0.3, -0.25) is 0 Å². The van der Waals surface area contributed by atoms with Gasteiger partial charge in [-0.25, -0.2) is 0 Å². The van der Waals surface area contributed by atoms with Gasteiger partial charge in [-0.2, -0.15) is 0 Å². The molecule has 0 saturated carbocycles. The molecule has 0 rings (SSSR count). The van der Waals surface area contributed by atoms with Crippen LogP contribution in [0.1, 0.15) is 27.7 Å². The first-order valence-corrected chi connectivity index (χ1v) is 7.08. The monoisotopic (exact) mass is 156 g/mol. The fourth-order valence-corrected chi connectivity index (χ4v) is 4.37. The van der Waals surface area contributed by atoms with Crippen molar-refractivity contribution in [2.75, 3.05) is 0 Å². The van der Waals surface area contributed by atoms with Gasteiger partial charge in [-0.15, -0.1) is 0 Å². The minimum Gasteiger partial charge on any atom is -0.0984 e. The Balaban J connectivity index is 4.15. The molecule has 0 fully saturated rings. The molecule has 0 aliphatic rings. The van der Waals surface area contributed by atoms with Crippen molar-refractivity contribution in [1.82, 2.24) is 0 Å². The fourth-order valence-electron chi connectivity index (χ4n) is 1.46. The van der Waals surface area contributed by atoms with Crippen LogP contribution in [0.5, 0.6) is 0 Å². The smallest absolute Gasteiger partial charge is 0.0765 e. The van der Waals surface area contributed by atoms with E-state index in [1.54, 1.807) is 0 Å². The molecule has 1 heteroatoms. The van der Waals surface area contributed by atoms with Gasteiger partial charge in [-0.05, 0) is 6.92 Å². The summed E-state index contributed by atoms with van der Waals surface area (Å²) in [7, 11) is -0.898. The van der Waals surface area contributed by atoms with Crippen molar-refractivity contribution in [3.63, 3.8) is 0 Å². The molecule has 60 valence electrons. The first-order valence-electron chi connectivity index (χ1n) is 4.38. The van der Waals surface area contributed by atoms with Gasteiger partial charge in [0.1, 0.15) is 0 Å². The average Bonchev–Trinajstić information content (AvgIpc) is 2.01. The minimum absolute atomic E-state index is 0.898. The number of hydrogen-bond acceptors (Lipinski definition) is 0. The molecule has 0 aliphatic carbocycles. The van der Waals surface area contributed by atoms with Crippen LogP contribution < -0.4 is 0 Å². The second kappa shape index (κ2) is 4.72. The SMILES string of the molecule is C/C=C/[Si](CC)(CC)CC. The lowest BCUT2D eigenvalue weighted by molar-refractivity contribution is 1.19. The summed E-state index contributed by atoms with van der Waals surface area (Å²) in [6.07, 6.45) is 2.24. The molecule has 0 saturated heterocycles. The number of rotatable bonds is 4. The van der Waals surface area contributed by atoms with Gasteiger partial charge < -0.3 is 0 Å². The molecule has 0 aromatic heterocycles. The summed E-state index contributed by atoms with van der Waals surface area (Å²) in [5.74, 6) is 0. The maximum absolute atomic E-state index is 2.49. The summed E-state index contributed by atoms with van der Waals surface area (Å²) in [6.45, 7) is 9.14. The first-order chi connectivity index (χ1) is 4.74. The minimum atomic E-state index is -0.898. The van der Waals surface area contributed by atoms with Crippen molar-refractivity contribution >= 4 is 8.07 Å². The lowest BCUT2D eigenvalue weighted by Crippen LogP contribution is -2.28. The fraction of sp³-hybridized carbons (Fsp3) is 0.778. The largest absolute Gasteiger partial charge is 0.0984 e. The van der Waals surface area contributed by atoms with Crippen LogP contribution in [0, 0.1) is 0 Å². The third kappa shape index (κ3) is 2.29. The third-order valence-electron chi connectivity index (χ3n) is 2.63. The Bertz CT molecular complexity index is 93.0. The van der Waals surface area contributed by atoms with Crippen LogP contribution >= 0.6 is 0 Å². The van der Waals surface area contributed by atoms with E-state index in [2.05, 4.69) is 39.5 Å². The highest BCUT2D eigenvalue weighted by molar-refractivity contribution is 6.84. The van der Waals surface area contributed by atoms with Gasteiger partial charge in [0.05, 0.1) is 8.07 Å². The van der Waals surface area contributed by atoms with Gasteiger partial charge in [0.2, 0.25) is 0 Å². The van der Waals surface area contributed by atoms with Crippen LogP contribution in [-0.4, -0.2) is 8.07 Å². The molecule has 0 bridgehead atoms. The topological polar surface area (TPSA) is 0 Å².